The van der Waals surface area contributed by atoms with Crippen LogP contribution in [0, 0.1) is 5.92 Å². The van der Waals surface area contributed by atoms with Gasteiger partial charge < -0.3 is 20.1 Å². The van der Waals surface area contributed by atoms with Gasteiger partial charge in [-0.3, -0.25) is 4.79 Å². The normalized spacial score (nSPS) is 18.6. The second-order valence-corrected chi connectivity index (χ2v) is 5.10. The number of aliphatic hydroxyl groups is 1. The van der Waals surface area contributed by atoms with Gasteiger partial charge in [0, 0.05) is 31.6 Å². The molecule has 5 nitrogen and oxygen atoms in total. The first-order chi connectivity index (χ1) is 9.70. The fourth-order valence-corrected chi connectivity index (χ4v) is 2.27. The number of rotatable bonds is 5. The third-order valence-electron chi connectivity index (χ3n) is 3.54. The summed E-state index contributed by atoms with van der Waals surface area (Å²) in [7, 11) is 1.92. The van der Waals surface area contributed by atoms with E-state index in [9.17, 15) is 4.79 Å². The van der Waals surface area contributed by atoms with Gasteiger partial charge in [-0.2, -0.15) is 0 Å². The van der Waals surface area contributed by atoms with Gasteiger partial charge in [0.25, 0.3) is 0 Å². The minimum absolute atomic E-state index is 0.0289. The molecule has 1 aliphatic rings. The van der Waals surface area contributed by atoms with Crippen LogP contribution < -0.4 is 10.2 Å². The number of amides is 1. The van der Waals surface area contributed by atoms with Crippen molar-refractivity contribution >= 4 is 17.3 Å². The van der Waals surface area contributed by atoms with Crippen molar-refractivity contribution in [2.75, 3.05) is 43.6 Å². The van der Waals surface area contributed by atoms with E-state index in [4.69, 9.17) is 9.84 Å². The van der Waals surface area contributed by atoms with Crippen LogP contribution >= 0.6 is 0 Å². The molecule has 0 bridgehead atoms. The van der Waals surface area contributed by atoms with E-state index in [2.05, 4.69) is 5.32 Å². The van der Waals surface area contributed by atoms with Crippen molar-refractivity contribution < 1.29 is 14.6 Å². The third-order valence-corrected chi connectivity index (χ3v) is 3.54. The van der Waals surface area contributed by atoms with E-state index in [1.165, 1.54) is 0 Å². The molecule has 1 saturated heterocycles. The van der Waals surface area contributed by atoms with Gasteiger partial charge in [0.1, 0.15) is 0 Å². The fraction of sp³-hybridized carbons (Fsp3) is 0.533. The lowest BCUT2D eigenvalue weighted by Gasteiger charge is -2.22. The first kappa shape index (κ1) is 14.8. The number of hydrogen-bond acceptors (Lipinski definition) is 4. The van der Waals surface area contributed by atoms with Gasteiger partial charge in [0.05, 0.1) is 19.1 Å². The molecule has 1 amide bonds. The average molecular weight is 278 g/mol. The van der Waals surface area contributed by atoms with Gasteiger partial charge in [-0.05, 0) is 37.1 Å². The van der Waals surface area contributed by atoms with Gasteiger partial charge in [0.15, 0.2) is 0 Å². The van der Waals surface area contributed by atoms with E-state index in [0.29, 0.717) is 13.2 Å². The minimum atomic E-state index is -0.0412. The highest BCUT2D eigenvalue weighted by molar-refractivity contribution is 5.92. The van der Waals surface area contributed by atoms with Crippen LogP contribution in [0.2, 0.25) is 0 Å². The molecule has 1 aromatic carbocycles. The number of benzene rings is 1. The molecule has 1 aliphatic heterocycles. The first-order valence-corrected chi connectivity index (χ1v) is 7.01. The molecule has 2 N–H and O–H groups in total. The standard InChI is InChI=1S/C15H22N2O3/c1-17(8-9-18)14-6-4-13(5-7-14)16-15(19)12-3-2-10-20-11-12/h4-7,12,18H,2-3,8-11H2,1H3,(H,16,19). The van der Waals surface area contributed by atoms with E-state index in [-0.39, 0.29) is 18.4 Å². The first-order valence-electron chi connectivity index (χ1n) is 7.01. The molecule has 2 rings (SSSR count). The molecule has 110 valence electrons. The van der Waals surface area contributed by atoms with E-state index in [1.807, 2.05) is 36.2 Å². The van der Waals surface area contributed by atoms with Crippen LogP contribution in [-0.4, -0.2) is 44.4 Å². The van der Waals surface area contributed by atoms with Crippen molar-refractivity contribution in [1.82, 2.24) is 0 Å². The molecule has 1 heterocycles. The molecule has 1 unspecified atom stereocenters. The van der Waals surface area contributed by atoms with Gasteiger partial charge in [-0.25, -0.2) is 0 Å². The highest BCUT2D eigenvalue weighted by Gasteiger charge is 2.21. The summed E-state index contributed by atoms with van der Waals surface area (Å²) in [5.74, 6) is -0.0124. The molecule has 1 aromatic rings. The molecular weight excluding hydrogens is 256 g/mol. The topological polar surface area (TPSA) is 61.8 Å². The molecule has 0 aromatic heterocycles. The summed E-state index contributed by atoms with van der Waals surface area (Å²) >= 11 is 0. The number of nitrogens with one attached hydrogen (secondary N) is 1. The molecule has 20 heavy (non-hydrogen) atoms. The molecule has 1 fully saturated rings. The number of anilines is 2. The zero-order valence-electron chi connectivity index (χ0n) is 11.8. The maximum atomic E-state index is 12.1. The van der Waals surface area contributed by atoms with Crippen molar-refractivity contribution in [3.63, 3.8) is 0 Å². The summed E-state index contributed by atoms with van der Waals surface area (Å²) in [6.07, 6.45) is 1.84. The molecule has 0 spiro atoms. The second-order valence-electron chi connectivity index (χ2n) is 5.10. The number of nitrogens with zero attached hydrogens (tertiary/aromatic N) is 1. The van der Waals surface area contributed by atoms with Crippen LogP contribution in [-0.2, 0) is 9.53 Å². The number of ether oxygens (including phenoxy) is 1. The van der Waals surface area contributed by atoms with Crippen molar-refractivity contribution in [2.45, 2.75) is 12.8 Å². The van der Waals surface area contributed by atoms with Crippen LogP contribution in [0.25, 0.3) is 0 Å². The number of carbonyl (C=O) groups excluding carboxylic acids is 1. The summed E-state index contributed by atoms with van der Waals surface area (Å²) in [5.41, 5.74) is 1.81. The molecule has 0 aliphatic carbocycles. The summed E-state index contributed by atoms with van der Waals surface area (Å²) in [5, 5.41) is 11.8. The lowest BCUT2D eigenvalue weighted by molar-refractivity contribution is -0.123. The van der Waals surface area contributed by atoms with Crippen molar-refractivity contribution in [1.29, 1.82) is 0 Å². The second kappa shape index (κ2) is 7.26. The SMILES string of the molecule is CN(CCO)c1ccc(NC(=O)C2CCCOC2)cc1. The van der Waals surface area contributed by atoms with Crippen LogP contribution in [0.15, 0.2) is 24.3 Å². The average Bonchev–Trinajstić information content (AvgIpc) is 2.49. The Labute approximate surface area is 119 Å². The molecule has 5 heteroatoms. The number of hydrogen-bond donors (Lipinski definition) is 2. The zero-order valence-corrected chi connectivity index (χ0v) is 11.8. The fourth-order valence-electron chi connectivity index (χ4n) is 2.27. The number of aliphatic hydroxyl groups excluding tert-OH is 1. The molecule has 0 saturated carbocycles. The lowest BCUT2D eigenvalue weighted by Crippen LogP contribution is -2.30. The van der Waals surface area contributed by atoms with Crippen molar-refractivity contribution in [3.8, 4) is 0 Å². The smallest absolute Gasteiger partial charge is 0.229 e. The molecule has 0 radical (unpaired) electrons. The van der Waals surface area contributed by atoms with Crippen LogP contribution in [0.1, 0.15) is 12.8 Å². The maximum Gasteiger partial charge on any atom is 0.229 e. The Kier molecular flexibility index (Phi) is 5.38. The summed E-state index contributed by atoms with van der Waals surface area (Å²) < 4.78 is 5.33. The van der Waals surface area contributed by atoms with E-state index in [1.54, 1.807) is 0 Å². The van der Waals surface area contributed by atoms with E-state index in [0.717, 1.165) is 30.8 Å². The summed E-state index contributed by atoms with van der Waals surface area (Å²) in [6, 6.07) is 7.63. The molecule has 1 atom stereocenters. The number of likely N-dealkylation sites (N-methyl/N-ethyl adjacent to an activating group) is 1. The van der Waals surface area contributed by atoms with E-state index >= 15 is 0 Å². The van der Waals surface area contributed by atoms with Crippen molar-refractivity contribution in [2.24, 2.45) is 5.92 Å². The largest absolute Gasteiger partial charge is 0.395 e. The van der Waals surface area contributed by atoms with Crippen LogP contribution in [0.3, 0.4) is 0 Å². The predicted octanol–water partition coefficient (Wildman–Crippen LogP) is 1.48. The van der Waals surface area contributed by atoms with Crippen molar-refractivity contribution in [3.05, 3.63) is 24.3 Å². The summed E-state index contributed by atoms with van der Waals surface area (Å²) in [4.78, 5) is 14.0. The lowest BCUT2D eigenvalue weighted by atomic mass is 10.0. The van der Waals surface area contributed by atoms with Gasteiger partial charge in [-0.1, -0.05) is 0 Å². The maximum absolute atomic E-state index is 12.1. The minimum Gasteiger partial charge on any atom is -0.395 e. The third kappa shape index (κ3) is 3.95. The number of carbonyl (C=O) groups is 1. The highest BCUT2D eigenvalue weighted by Crippen LogP contribution is 2.19. The monoisotopic (exact) mass is 278 g/mol. The Balaban J connectivity index is 1.91. The molecular formula is C15H22N2O3. The Morgan fingerprint density at radius 2 is 2.20 bits per heavy atom. The van der Waals surface area contributed by atoms with Gasteiger partial charge in [-0.15, -0.1) is 0 Å². The zero-order chi connectivity index (χ0) is 14.4. The van der Waals surface area contributed by atoms with Crippen LogP contribution in [0.4, 0.5) is 11.4 Å². The highest BCUT2D eigenvalue weighted by atomic mass is 16.5. The Morgan fingerprint density at radius 1 is 1.45 bits per heavy atom. The summed E-state index contributed by atoms with van der Waals surface area (Å²) in [6.45, 7) is 1.99. The van der Waals surface area contributed by atoms with Gasteiger partial charge in [0.2, 0.25) is 5.91 Å². The van der Waals surface area contributed by atoms with Crippen LogP contribution in [0.5, 0.6) is 0 Å². The Hall–Kier alpha value is -1.59. The van der Waals surface area contributed by atoms with E-state index < -0.39 is 0 Å². The Bertz CT molecular complexity index is 427. The van der Waals surface area contributed by atoms with Gasteiger partial charge >= 0.3 is 0 Å². The Morgan fingerprint density at radius 3 is 2.80 bits per heavy atom. The predicted molar refractivity (Wildman–Crippen MR) is 79.0 cm³/mol. The quantitative estimate of drug-likeness (QED) is 0.856.